The average Bonchev–Trinajstić information content (AvgIpc) is 2.12. The number of hydrogen-bond donors (Lipinski definition) is 2. The summed E-state index contributed by atoms with van der Waals surface area (Å²) in [5.74, 6) is 0.293. The smallest absolute Gasteiger partial charge is 0.125 e. The summed E-state index contributed by atoms with van der Waals surface area (Å²) in [7, 11) is 0. The Labute approximate surface area is 68.9 Å². The molecule has 2 aromatic rings. The summed E-state index contributed by atoms with van der Waals surface area (Å²) in [4.78, 5) is 3.84. The molecular formula is C9H7NO2. The monoisotopic (exact) mass is 161 g/mol. The molecule has 0 aliphatic heterocycles. The molecule has 0 saturated carbocycles. The Balaban J connectivity index is 2.95. The fourth-order valence-electron chi connectivity index (χ4n) is 1.16. The quantitative estimate of drug-likeness (QED) is 0.577. The van der Waals surface area contributed by atoms with Crippen molar-refractivity contribution in [1.29, 1.82) is 0 Å². The van der Waals surface area contributed by atoms with Gasteiger partial charge in [-0.3, -0.25) is 4.98 Å². The number of benzene rings is 1. The lowest BCUT2D eigenvalue weighted by molar-refractivity contribution is 0.469. The van der Waals surface area contributed by atoms with Crippen LogP contribution in [-0.4, -0.2) is 15.2 Å². The molecule has 2 N–H and O–H groups in total. The van der Waals surface area contributed by atoms with Crippen LogP contribution in [0.3, 0.4) is 0 Å². The second-order valence-electron chi connectivity index (χ2n) is 2.53. The molecule has 1 aromatic heterocycles. The minimum absolute atomic E-state index is 0.135. The van der Waals surface area contributed by atoms with Crippen LogP contribution in [-0.2, 0) is 0 Å². The first-order chi connectivity index (χ1) is 5.79. The van der Waals surface area contributed by atoms with E-state index in [-0.39, 0.29) is 11.5 Å². The van der Waals surface area contributed by atoms with E-state index in [4.69, 9.17) is 0 Å². The van der Waals surface area contributed by atoms with Gasteiger partial charge in [-0.1, -0.05) is 0 Å². The Bertz CT molecular complexity index is 385. The normalized spacial score (nSPS) is 10.3. The predicted octanol–water partition coefficient (Wildman–Crippen LogP) is 1.65. The second kappa shape index (κ2) is 2.37. The molecule has 60 valence electrons. The standard InChI is InChI=1S/C9H7NO2/c11-8-1-2-9(12)7-5-10-4-3-6(7)8/h1-5,11-12H. The minimum atomic E-state index is 0.135. The van der Waals surface area contributed by atoms with Gasteiger partial charge in [0.15, 0.2) is 0 Å². The van der Waals surface area contributed by atoms with Crippen LogP contribution < -0.4 is 0 Å². The summed E-state index contributed by atoms with van der Waals surface area (Å²) in [5.41, 5.74) is 0. The van der Waals surface area contributed by atoms with Crippen molar-refractivity contribution in [2.24, 2.45) is 0 Å². The van der Waals surface area contributed by atoms with Gasteiger partial charge in [-0.05, 0) is 18.2 Å². The molecule has 3 heteroatoms. The molecule has 1 heterocycles. The molecule has 0 atom stereocenters. The maximum Gasteiger partial charge on any atom is 0.125 e. The van der Waals surface area contributed by atoms with Gasteiger partial charge in [0.1, 0.15) is 11.5 Å². The molecule has 12 heavy (non-hydrogen) atoms. The zero-order valence-electron chi connectivity index (χ0n) is 6.23. The number of rotatable bonds is 0. The van der Waals surface area contributed by atoms with E-state index in [1.807, 2.05) is 0 Å². The van der Waals surface area contributed by atoms with Crippen molar-refractivity contribution in [1.82, 2.24) is 4.98 Å². The zero-order valence-corrected chi connectivity index (χ0v) is 6.23. The number of nitrogens with zero attached hydrogens (tertiary/aromatic N) is 1. The molecule has 0 aliphatic rings. The van der Waals surface area contributed by atoms with Crippen LogP contribution in [0.25, 0.3) is 10.8 Å². The highest BCUT2D eigenvalue weighted by Gasteiger charge is 2.02. The van der Waals surface area contributed by atoms with E-state index in [1.54, 1.807) is 12.3 Å². The third kappa shape index (κ3) is 0.871. The molecule has 0 saturated heterocycles. The van der Waals surface area contributed by atoms with E-state index in [0.29, 0.717) is 10.8 Å². The van der Waals surface area contributed by atoms with Gasteiger partial charge in [-0.2, -0.15) is 0 Å². The topological polar surface area (TPSA) is 53.4 Å². The molecule has 2 rings (SSSR count). The Kier molecular flexibility index (Phi) is 1.37. The van der Waals surface area contributed by atoms with Gasteiger partial charge in [0.05, 0.1) is 0 Å². The molecular weight excluding hydrogens is 154 g/mol. The third-order valence-corrected chi connectivity index (χ3v) is 1.77. The minimum Gasteiger partial charge on any atom is -0.507 e. The summed E-state index contributed by atoms with van der Waals surface area (Å²) in [6, 6.07) is 4.56. The fourth-order valence-corrected chi connectivity index (χ4v) is 1.16. The van der Waals surface area contributed by atoms with Gasteiger partial charge in [0.2, 0.25) is 0 Å². The first-order valence-corrected chi connectivity index (χ1v) is 3.53. The van der Waals surface area contributed by atoms with E-state index in [2.05, 4.69) is 4.98 Å². The maximum atomic E-state index is 9.36. The summed E-state index contributed by atoms with van der Waals surface area (Å²) >= 11 is 0. The molecule has 1 aromatic carbocycles. The Hall–Kier alpha value is -1.77. The van der Waals surface area contributed by atoms with Crippen LogP contribution in [0.5, 0.6) is 11.5 Å². The van der Waals surface area contributed by atoms with Crippen molar-refractivity contribution in [2.75, 3.05) is 0 Å². The van der Waals surface area contributed by atoms with E-state index in [1.165, 1.54) is 18.3 Å². The molecule has 0 bridgehead atoms. The van der Waals surface area contributed by atoms with Gasteiger partial charge in [0, 0.05) is 23.2 Å². The first-order valence-electron chi connectivity index (χ1n) is 3.53. The van der Waals surface area contributed by atoms with Crippen molar-refractivity contribution < 1.29 is 10.2 Å². The highest BCUT2D eigenvalue weighted by atomic mass is 16.3. The summed E-state index contributed by atoms with van der Waals surface area (Å²) in [6.45, 7) is 0. The number of aromatic hydroxyl groups is 2. The van der Waals surface area contributed by atoms with E-state index >= 15 is 0 Å². The largest absolute Gasteiger partial charge is 0.507 e. The van der Waals surface area contributed by atoms with Crippen LogP contribution in [0.2, 0.25) is 0 Å². The zero-order chi connectivity index (χ0) is 8.55. The summed E-state index contributed by atoms with van der Waals surface area (Å²) in [6.07, 6.45) is 3.09. The van der Waals surface area contributed by atoms with Crippen molar-refractivity contribution in [3.63, 3.8) is 0 Å². The van der Waals surface area contributed by atoms with Crippen LogP contribution in [0.1, 0.15) is 0 Å². The van der Waals surface area contributed by atoms with Gasteiger partial charge in [-0.25, -0.2) is 0 Å². The fraction of sp³-hybridized carbons (Fsp3) is 0. The van der Waals surface area contributed by atoms with Crippen molar-refractivity contribution in [3.05, 3.63) is 30.6 Å². The Morgan fingerprint density at radius 3 is 2.25 bits per heavy atom. The lowest BCUT2D eigenvalue weighted by Crippen LogP contribution is -1.76. The van der Waals surface area contributed by atoms with Gasteiger partial charge >= 0.3 is 0 Å². The van der Waals surface area contributed by atoms with Crippen LogP contribution in [0, 0.1) is 0 Å². The number of phenolic OH excluding ortho intramolecular Hbond substituents is 2. The number of pyridine rings is 1. The maximum absolute atomic E-state index is 9.36. The first kappa shape index (κ1) is 6.91. The average molecular weight is 161 g/mol. The lowest BCUT2D eigenvalue weighted by Gasteiger charge is -2.00. The highest BCUT2D eigenvalue weighted by molar-refractivity contribution is 5.91. The Morgan fingerprint density at radius 1 is 0.917 bits per heavy atom. The Morgan fingerprint density at radius 2 is 1.58 bits per heavy atom. The van der Waals surface area contributed by atoms with Crippen molar-refractivity contribution in [3.8, 4) is 11.5 Å². The molecule has 0 spiro atoms. The van der Waals surface area contributed by atoms with Crippen molar-refractivity contribution >= 4 is 10.8 Å². The molecule has 3 nitrogen and oxygen atoms in total. The number of fused-ring (bicyclic) bond motifs is 1. The SMILES string of the molecule is Oc1ccc(O)c2cnccc12. The molecule has 0 aliphatic carbocycles. The highest BCUT2D eigenvalue weighted by Crippen LogP contribution is 2.30. The van der Waals surface area contributed by atoms with E-state index in [9.17, 15) is 10.2 Å². The molecule has 0 fully saturated rings. The molecule has 0 amide bonds. The van der Waals surface area contributed by atoms with Crippen LogP contribution in [0.15, 0.2) is 30.6 Å². The summed E-state index contributed by atoms with van der Waals surface area (Å²) in [5, 5.41) is 19.9. The van der Waals surface area contributed by atoms with Gasteiger partial charge < -0.3 is 10.2 Å². The molecule has 0 unspecified atom stereocenters. The van der Waals surface area contributed by atoms with E-state index in [0.717, 1.165) is 0 Å². The predicted molar refractivity (Wildman–Crippen MR) is 45.1 cm³/mol. The third-order valence-electron chi connectivity index (χ3n) is 1.77. The summed E-state index contributed by atoms with van der Waals surface area (Å²) < 4.78 is 0. The van der Waals surface area contributed by atoms with Crippen LogP contribution in [0.4, 0.5) is 0 Å². The van der Waals surface area contributed by atoms with Crippen molar-refractivity contribution in [2.45, 2.75) is 0 Å². The number of aromatic nitrogens is 1. The number of hydrogen-bond acceptors (Lipinski definition) is 3. The molecule has 0 radical (unpaired) electrons. The van der Waals surface area contributed by atoms with Gasteiger partial charge in [0.25, 0.3) is 0 Å². The van der Waals surface area contributed by atoms with Gasteiger partial charge in [-0.15, -0.1) is 0 Å². The second-order valence-corrected chi connectivity index (χ2v) is 2.53. The van der Waals surface area contributed by atoms with E-state index < -0.39 is 0 Å². The van der Waals surface area contributed by atoms with Crippen LogP contribution >= 0.6 is 0 Å². The number of phenols is 2. The lowest BCUT2D eigenvalue weighted by atomic mass is 10.1.